The first-order valence-corrected chi connectivity index (χ1v) is 6.74. The third-order valence-electron chi connectivity index (χ3n) is 3.20. The molecule has 0 aliphatic carbocycles. The van der Waals surface area contributed by atoms with E-state index in [-0.39, 0.29) is 12.4 Å². The summed E-state index contributed by atoms with van der Waals surface area (Å²) in [6.07, 6.45) is 0. The molecule has 1 unspecified atom stereocenters. The average Bonchev–Trinajstić information content (AvgIpc) is 2.47. The first-order chi connectivity index (χ1) is 9.99. The summed E-state index contributed by atoms with van der Waals surface area (Å²) in [6.45, 7) is 4.48. The average molecular weight is 299 g/mol. The molecule has 0 aliphatic heterocycles. The van der Waals surface area contributed by atoms with Crippen LogP contribution in [0.4, 0.5) is 4.39 Å². The van der Waals surface area contributed by atoms with Crippen LogP contribution in [0.1, 0.15) is 19.4 Å². The quantitative estimate of drug-likeness (QED) is 0.586. The van der Waals surface area contributed by atoms with Crippen molar-refractivity contribution in [3.8, 4) is 5.75 Å². The number of nitrogens with one attached hydrogen (secondary N) is 1. The number of halogens is 1. The first kappa shape index (κ1) is 17.4. The van der Waals surface area contributed by atoms with Gasteiger partial charge in [0.1, 0.15) is 5.54 Å². The molecule has 0 bridgehead atoms. The summed E-state index contributed by atoms with van der Waals surface area (Å²) < 4.78 is 28.8. The van der Waals surface area contributed by atoms with E-state index in [1.807, 2.05) is 0 Å². The highest BCUT2D eigenvalue weighted by Gasteiger charge is 2.36. The van der Waals surface area contributed by atoms with Crippen molar-refractivity contribution in [2.24, 2.45) is 0 Å². The normalized spacial score (nSPS) is 13.6. The van der Waals surface area contributed by atoms with Crippen molar-refractivity contribution < 1.29 is 23.4 Å². The minimum absolute atomic E-state index is 0.127. The number of carbonyl (C=O) groups is 1. The number of rotatable bonds is 8. The Morgan fingerprint density at radius 2 is 2.10 bits per heavy atom. The van der Waals surface area contributed by atoms with Gasteiger partial charge in [0.15, 0.2) is 11.6 Å². The monoisotopic (exact) mass is 299 g/mol. The molecule has 21 heavy (non-hydrogen) atoms. The predicted molar refractivity (Wildman–Crippen MR) is 76.8 cm³/mol. The molecule has 0 saturated heterocycles. The number of esters is 1. The Morgan fingerprint density at radius 3 is 2.62 bits per heavy atom. The van der Waals surface area contributed by atoms with E-state index in [2.05, 4.69) is 5.32 Å². The molecule has 1 aromatic rings. The van der Waals surface area contributed by atoms with E-state index >= 15 is 0 Å². The maximum atomic E-state index is 13.9. The first-order valence-electron chi connectivity index (χ1n) is 6.74. The van der Waals surface area contributed by atoms with Crippen LogP contribution in [-0.2, 0) is 19.8 Å². The van der Waals surface area contributed by atoms with Gasteiger partial charge in [0.25, 0.3) is 0 Å². The molecule has 1 aromatic carbocycles. The van der Waals surface area contributed by atoms with E-state index < -0.39 is 17.3 Å². The molecule has 1 rings (SSSR count). The van der Waals surface area contributed by atoms with Crippen LogP contribution in [-0.4, -0.2) is 39.9 Å². The van der Waals surface area contributed by atoms with Crippen LogP contribution >= 0.6 is 0 Å². The van der Waals surface area contributed by atoms with Crippen LogP contribution in [0.15, 0.2) is 18.2 Å². The lowest BCUT2D eigenvalue weighted by atomic mass is 9.91. The summed E-state index contributed by atoms with van der Waals surface area (Å²) in [5.41, 5.74) is -0.683. The van der Waals surface area contributed by atoms with Gasteiger partial charge in [-0.25, -0.2) is 9.18 Å². The van der Waals surface area contributed by atoms with Crippen LogP contribution < -0.4 is 10.1 Å². The van der Waals surface area contributed by atoms with Gasteiger partial charge in [0.05, 0.1) is 20.3 Å². The summed E-state index contributed by atoms with van der Waals surface area (Å²) in [6, 6.07) is 4.40. The van der Waals surface area contributed by atoms with Gasteiger partial charge in [0.2, 0.25) is 0 Å². The molecule has 0 heterocycles. The Balaban J connectivity index is 3.10. The van der Waals surface area contributed by atoms with Gasteiger partial charge in [-0.1, -0.05) is 6.07 Å². The standard InChI is InChI=1S/C15H22FNO4/c1-5-21-14(18)15(2,17-8-9-19-3)11-6-7-13(20-4)12(16)10-11/h6-7,10,17H,5,8-9H2,1-4H3. The van der Waals surface area contributed by atoms with Crippen LogP contribution in [0.5, 0.6) is 5.75 Å². The molecular weight excluding hydrogens is 277 g/mol. The lowest BCUT2D eigenvalue weighted by molar-refractivity contribution is -0.151. The summed E-state index contributed by atoms with van der Waals surface area (Å²) in [4.78, 5) is 12.2. The SMILES string of the molecule is CCOC(=O)C(C)(NCCOC)c1ccc(OC)c(F)c1. The Labute approximate surface area is 124 Å². The van der Waals surface area contributed by atoms with Crippen LogP contribution in [0.2, 0.25) is 0 Å². The van der Waals surface area contributed by atoms with Crippen LogP contribution in [0, 0.1) is 5.82 Å². The summed E-state index contributed by atoms with van der Waals surface area (Å²) in [5, 5.41) is 3.06. The van der Waals surface area contributed by atoms with Crippen molar-refractivity contribution in [2.45, 2.75) is 19.4 Å². The molecule has 0 aromatic heterocycles. The van der Waals surface area contributed by atoms with Crippen LogP contribution in [0.3, 0.4) is 0 Å². The smallest absolute Gasteiger partial charge is 0.330 e. The number of benzene rings is 1. The Hall–Kier alpha value is -1.66. The number of ether oxygens (including phenoxy) is 3. The van der Waals surface area contributed by atoms with Gasteiger partial charge in [0, 0.05) is 13.7 Å². The second-order valence-electron chi connectivity index (χ2n) is 4.61. The van der Waals surface area contributed by atoms with E-state index in [0.717, 1.165) is 0 Å². The molecule has 1 atom stereocenters. The third-order valence-corrected chi connectivity index (χ3v) is 3.20. The van der Waals surface area contributed by atoms with Crippen molar-refractivity contribution in [3.63, 3.8) is 0 Å². The van der Waals surface area contributed by atoms with Crippen molar-refractivity contribution >= 4 is 5.97 Å². The van der Waals surface area contributed by atoms with E-state index in [4.69, 9.17) is 14.2 Å². The fourth-order valence-electron chi connectivity index (χ4n) is 1.95. The molecule has 0 spiro atoms. The molecule has 0 saturated carbocycles. The van der Waals surface area contributed by atoms with Gasteiger partial charge >= 0.3 is 5.97 Å². The minimum Gasteiger partial charge on any atom is -0.494 e. The Morgan fingerprint density at radius 1 is 1.38 bits per heavy atom. The van der Waals surface area contributed by atoms with Crippen molar-refractivity contribution in [1.29, 1.82) is 0 Å². The zero-order valence-electron chi connectivity index (χ0n) is 12.9. The topological polar surface area (TPSA) is 56.8 Å². The van der Waals surface area contributed by atoms with Gasteiger partial charge < -0.3 is 14.2 Å². The van der Waals surface area contributed by atoms with Gasteiger partial charge in [-0.2, -0.15) is 0 Å². The maximum Gasteiger partial charge on any atom is 0.330 e. The van der Waals surface area contributed by atoms with Crippen molar-refractivity contribution in [2.75, 3.05) is 34.0 Å². The van der Waals surface area contributed by atoms with Gasteiger partial charge in [-0.15, -0.1) is 0 Å². The number of carbonyl (C=O) groups excluding carboxylic acids is 1. The lowest BCUT2D eigenvalue weighted by Crippen LogP contribution is -2.49. The highest BCUT2D eigenvalue weighted by molar-refractivity contribution is 5.82. The van der Waals surface area contributed by atoms with Gasteiger partial charge in [-0.05, 0) is 31.5 Å². The molecule has 118 valence electrons. The molecule has 0 aliphatic rings. The maximum absolute atomic E-state index is 13.9. The van der Waals surface area contributed by atoms with E-state index in [0.29, 0.717) is 18.7 Å². The molecule has 5 nitrogen and oxygen atoms in total. The zero-order valence-corrected chi connectivity index (χ0v) is 12.9. The lowest BCUT2D eigenvalue weighted by Gasteiger charge is -2.29. The predicted octanol–water partition coefficient (Wildman–Crippen LogP) is 1.85. The number of hydrogen-bond acceptors (Lipinski definition) is 5. The molecular formula is C15H22FNO4. The summed E-state index contributed by atoms with van der Waals surface area (Å²) in [5.74, 6) is -0.869. The molecule has 0 fully saturated rings. The third kappa shape index (κ3) is 4.15. The van der Waals surface area contributed by atoms with Crippen molar-refractivity contribution in [3.05, 3.63) is 29.6 Å². The number of hydrogen-bond donors (Lipinski definition) is 1. The van der Waals surface area contributed by atoms with E-state index in [1.54, 1.807) is 27.0 Å². The fraction of sp³-hybridized carbons (Fsp3) is 0.533. The summed E-state index contributed by atoms with van der Waals surface area (Å²) in [7, 11) is 2.95. The van der Waals surface area contributed by atoms with Gasteiger partial charge in [-0.3, -0.25) is 5.32 Å². The zero-order chi connectivity index (χ0) is 15.9. The van der Waals surface area contributed by atoms with Crippen molar-refractivity contribution in [1.82, 2.24) is 5.32 Å². The Bertz CT molecular complexity index is 481. The molecule has 0 radical (unpaired) electrons. The Kier molecular flexibility index (Phi) is 6.58. The van der Waals surface area contributed by atoms with E-state index in [1.165, 1.54) is 19.2 Å². The summed E-state index contributed by atoms with van der Waals surface area (Å²) >= 11 is 0. The minimum atomic E-state index is -1.15. The highest BCUT2D eigenvalue weighted by atomic mass is 19.1. The van der Waals surface area contributed by atoms with E-state index in [9.17, 15) is 9.18 Å². The molecule has 0 amide bonds. The fourth-order valence-corrected chi connectivity index (χ4v) is 1.95. The highest BCUT2D eigenvalue weighted by Crippen LogP contribution is 2.27. The van der Waals surface area contributed by atoms with Crippen LogP contribution in [0.25, 0.3) is 0 Å². The largest absolute Gasteiger partial charge is 0.494 e. The second-order valence-corrected chi connectivity index (χ2v) is 4.61. The molecule has 6 heteroatoms. The molecule has 1 N–H and O–H groups in total. The number of methoxy groups -OCH3 is 2. The second kappa shape index (κ2) is 7.95.